The van der Waals surface area contributed by atoms with Crippen molar-refractivity contribution in [1.29, 1.82) is 0 Å². The van der Waals surface area contributed by atoms with Crippen LogP contribution in [0.1, 0.15) is 23.2 Å². The molecule has 0 aromatic heterocycles. The zero-order chi connectivity index (χ0) is 13.3. The van der Waals surface area contributed by atoms with Gasteiger partial charge in [0.25, 0.3) is 0 Å². The number of rotatable bonds is 4. The van der Waals surface area contributed by atoms with Crippen LogP contribution in [0, 0.1) is 0 Å². The Balaban J connectivity index is 2.39. The second-order valence-corrected chi connectivity index (χ2v) is 4.68. The fourth-order valence-corrected chi connectivity index (χ4v) is 2.19. The number of nitrogens with zero attached hydrogens (tertiary/aromatic N) is 1. The van der Waals surface area contributed by atoms with Gasteiger partial charge in [-0.1, -0.05) is 17.7 Å². The van der Waals surface area contributed by atoms with Crippen LogP contribution in [0.25, 0.3) is 0 Å². The number of para-hydroxylation sites is 1. The molecule has 18 heavy (non-hydrogen) atoms. The summed E-state index contributed by atoms with van der Waals surface area (Å²) in [5.74, 6) is 0. The van der Waals surface area contributed by atoms with Gasteiger partial charge in [-0.15, -0.1) is 0 Å². The molecule has 1 fully saturated rings. The molecular formula is C12H11ClF3NO. The zero-order valence-electron chi connectivity index (χ0n) is 9.38. The normalized spacial score (nSPS) is 15.6. The van der Waals surface area contributed by atoms with E-state index in [4.69, 9.17) is 11.6 Å². The van der Waals surface area contributed by atoms with E-state index in [0.29, 0.717) is 19.1 Å². The van der Waals surface area contributed by atoms with E-state index in [1.54, 1.807) is 6.07 Å². The van der Waals surface area contributed by atoms with Gasteiger partial charge in [-0.2, -0.15) is 13.2 Å². The van der Waals surface area contributed by atoms with E-state index in [0.717, 1.165) is 0 Å². The van der Waals surface area contributed by atoms with E-state index in [1.807, 2.05) is 0 Å². The second-order valence-electron chi connectivity index (χ2n) is 4.27. The van der Waals surface area contributed by atoms with Gasteiger partial charge in [0.05, 0.1) is 10.7 Å². The summed E-state index contributed by atoms with van der Waals surface area (Å²) < 4.78 is 37.7. The highest BCUT2D eigenvalue weighted by Gasteiger charge is 2.39. The molecule has 0 atom stereocenters. The average molecular weight is 278 g/mol. The molecule has 0 heterocycles. The van der Waals surface area contributed by atoms with Gasteiger partial charge in [0.2, 0.25) is 0 Å². The molecule has 0 aliphatic heterocycles. The SMILES string of the molecule is O=Cc1cccc(Cl)c1N(CC(F)(F)F)C1CC1. The van der Waals surface area contributed by atoms with Crippen molar-refractivity contribution in [2.45, 2.75) is 25.1 Å². The lowest BCUT2D eigenvalue weighted by Gasteiger charge is -2.27. The monoisotopic (exact) mass is 277 g/mol. The van der Waals surface area contributed by atoms with Crippen LogP contribution in [0.4, 0.5) is 18.9 Å². The van der Waals surface area contributed by atoms with Crippen LogP contribution in [0.2, 0.25) is 5.02 Å². The maximum atomic E-state index is 12.6. The smallest absolute Gasteiger partial charge is 0.358 e. The van der Waals surface area contributed by atoms with E-state index in [2.05, 4.69) is 0 Å². The van der Waals surface area contributed by atoms with Crippen LogP contribution < -0.4 is 4.90 Å². The van der Waals surface area contributed by atoms with Crippen molar-refractivity contribution >= 4 is 23.6 Å². The highest BCUT2D eigenvalue weighted by Crippen LogP contribution is 2.39. The van der Waals surface area contributed by atoms with Gasteiger partial charge in [-0.05, 0) is 25.0 Å². The summed E-state index contributed by atoms with van der Waals surface area (Å²) in [4.78, 5) is 12.1. The maximum absolute atomic E-state index is 12.6. The lowest BCUT2D eigenvalue weighted by atomic mass is 10.1. The van der Waals surface area contributed by atoms with Gasteiger partial charge in [-0.25, -0.2) is 0 Å². The summed E-state index contributed by atoms with van der Waals surface area (Å²) in [6.45, 7) is -1.08. The molecule has 1 aromatic rings. The Morgan fingerprint density at radius 2 is 2.06 bits per heavy atom. The first kappa shape index (κ1) is 13.2. The molecule has 0 bridgehead atoms. The highest BCUT2D eigenvalue weighted by atomic mass is 35.5. The highest BCUT2D eigenvalue weighted by molar-refractivity contribution is 6.34. The topological polar surface area (TPSA) is 20.3 Å². The van der Waals surface area contributed by atoms with Crippen molar-refractivity contribution in [2.75, 3.05) is 11.4 Å². The van der Waals surface area contributed by atoms with E-state index in [9.17, 15) is 18.0 Å². The molecule has 1 aliphatic carbocycles. The van der Waals surface area contributed by atoms with Crippen molar-refractivity contribution in [2.24, 2.45) is 0 Å². The Bertz CT molecular complexity index is 457. The zero-order valence-corrected chi connectivity index (χ0v) is 10.1. The van der Waals surface area contributed by atoms with E-state index >= 15 is 0 Å². The Labute approximate surface area is 107 Å². The predicted molar refractivity (Wildman–Crippen MR) is 63.3 cm³/mol. The molecule has 1 aromatic carbocycles. The van der Waals surface area contributed by atoms with Gasteiger partial charge >= 0.3 is 6.18 Å². The number of carbonyl (C=O) groups excluding carboxylic acids is 1. The van der Waals surface area contributed by atoms with Crippen molar-refractivity contribution in [1.82, 2.24) is 0 Å². The summed E-state index contributed by atoms with van der Waals surface area (Å²) in [7, 11) is 0. The van der Waals surface area contributed by atoms with Crippen LogP contribution in [-0.4, -0.2) is 25.0 Å². The first-order chi connectivity index (χ1) is 8.42. The number of carbonyl (C=O) groups is 1. The lowest BCUT2D eigenvalue weighted by Crippen LogP contribution is -2.36. The first-order valence-electron chi connectivity index (χ1n) is 5.49. The molecular weight excluding hydrogens is 267 g/mol. The number of halogens is 4. The number of benzene rings is 1. The molecule has 2 rings (SSSR count). The average Bonchev–Trinajstić information content (AvgIpc) is 3.08. The minimum absolute atomic E-state index is 0.176. The van der Waals surface area contributed by atoms with Crippen LogP contribution in [0.3, 0.4) is 0 Å². The predicted octanol–water partition coefficient (Wildman–Crippen LogP) is 3.68. The third-order valence-corrected chi connectivity index (χ3v) is 3.07. The largest absolute Gasteiger partial charge is 0.405 e. The fraction of sp³-hybridized carbons (Fsp3) is 0.417. The number of hydrogen-bond acceptors (Lipinski definition) is 2. The van der Waals surface area contributed by atoms with Crippen LogP contribution in [-0.2, 0) is 0 Å². The van der Waals surface area contributed by atoms with Crippen molar-refractivity contribution < 1.29 is 18.0 Å². The number of aldehydes is 1. The standard InChI is InChI=1S/C12H11ClF3NO/c13-10-3-1-2-8(6-18)11(10)17(9-4-5-9)7-12(14,15)16/h1-3,6,9H,4-5,7H2. The molecule has 0 N–H and O–H groups in total. The lowest BCUT2D eigenvalue weighted by molar-refractivity contribution is -0.120. The van der Waals surface area contributed by atoms with Crippen molar-refractivity contribution in [3.05, 3.63) is 28.8 Å². The molecule has 0 spiro atoms. The van der Waals surface area contributed by atoms with Crippen LogP contribution in [0.15, 0.2) is 18.2 Å². The van der Waals surface area contributed by atoms with Crippen molar-refractivity contribution in [3.63, 3.8) is 0 Å². The van der Waals surface area contributed by atoms with E-state index in [-0.39, 0.29) is 22.3 Å². The summed E-state index contributed by atoms with van der Waals surface area (Å²) in [6, 6.07) is 4.34. The van der Waals surface area contributed by atoms with Gasteiger partial charge < -0.3 is 4.90 Å². The Morgan fingerprint density at radius 1 is 1.39 bits per heavy atom. The molecule has 0 amide bonds. The van der Waals surface area contributed by atoms with Gasteiger partial charge in [0.15, 0.2) is 6.29 Å². The minimum Gasteiger partial charge on any atom is -0.358 e. The Hall–Kier alpha value is -1.23. The van der Waals surface area contributed by atoms with Crippen LogP contribution in [0.5, 0.6) is 0 Å². The van der Waals surface area contributed by atoms with Crippen molar-refractivity contribution in [3.8, 4) is 0 Å². The Kier molecular flexibility index (Phi) is 3.52. The van der Waals surface area contributed by atoms with E-state index < -0.39 is 12.7 Å². The second kappa shape index (κ2) is 4.80. The summed E-state index contributed by atoms with van der Waals surface area (Å²) in [6.07, 6.45) is -2.39. The summed E-state index contributed by atoms with van der Waals surface area (Å²) in [5, 5.41) is 0.177. The fourth-order valence-electron chi connectivity index (χ4n) is 1.90. The molecule has 1 saturated carbocycles. The minimum atomic E-state index is -4.32. The van der Waals surface area contributed by atoms with Gasteiger partial charge in [0.1, 0.15) is 6.54 Å². The molecule has 0 radical (unpaired) electrons. The molecule has 6 heteroatoms. The van der Waals surface area contributed by atoms with E-state index in [1.165, 1.54) is 17.0 Å². The summed E-state index contributed by atoms with van der Waals surface area (Å²) >= 11 is 5.94. The maximum Gasteiger partial charge on any atom is 0.405 e. The quantitative estimate of drug-likeness (QED) is 0.783. The van der Waals surface area contributed by atoms with Gasteiger partial charge in [0, 0.05) is 11.6 Å². The number of anilines is 1. The molecule has 2 nitrogen and oxygen atoms in total. The molecule has 0 unspecified atom stereocenters. The van der Waals surface area contributed by atoms with Gasteiger partial charge in [-0.3, -0.25) is 4.79 Å². The molecule has 98 valence electrons. The third kappa shape index (κ3) is 2.96. The molecule has 0 saturated heterocycles. The van der Waals surface area contributed by atoms with Crippen LogP contribution >= 0.6 is 11.6 Å². The molecule has 1 aliphatic rings. The number of hydrogen-bond donors (Lipinski definition) is 0. The summed E-state index contributed by atoms with van der Waals surface area (Å²) in [5.41, 5.74) is 0.382. The number of alkyl halides is 3. The third-order valence-electron chi connectivity index (χ3n) is 2.77. The Morgan fingerprint density at radius 3 is 2.56 bits per heavy atom. The first-order valence-corrected chi connectivity index (χ1v) is 5.87.